The molecule has 0 bridgehead atoms. The Morgan fingerprint density at radius 3 is 2.29 bits per heavy atom. The molecule has 7 nitrogen and oxygen atoms in total. The normalized spacial score (nSPS) is 11.0. The highest BCUT2D eigenvalue weighted by Gasteiger charge is 2.25. The number of anilines is 1. The van der Waals surface area contributed by atoms with E-state index in [1.54, 1.807) is 17.4 Å². The molecule has 3 heterocycles. The first-order valence-corrected chi connectivity index (χ1v) is 12.2. The monoisotopic (exact) mass is 481 g/mol. The van der Waals surface area contributed by atoms with Crippen LogP contribution in [-0.4, -0.2) is 25.7 Å². The van der Waals surface area contributed by atoms with Crippen LogP contribution in [0.4, 0.5) is 5.82 Å². The summed E-state index contributed by atoms with van der Waals surface area (Å²) in [6.07, 6.45) is 0.599. The van der Waals surface area contributed by atoms with Crippen molar-refractivity contribution in [1.82, 2.24) is 19.7 Å². The molecule has 174 valence electrons. The maximum atomic E-state index is 13.7. The molecule has 1 amide bonds. The van der Waals surface area contributed by atoms with Crippen LogP contribution in [-0.2, 0) is 11.2 Å². The summed E-state index contributed by atoms with van der Waals surface area (Å²) < 4.78 is 1.49. The molecule has 3 aromatic heterocycles. The molecule has 0 aliphatic rings. The van der Waals surface area contributed by atoms with Gasteiger partial charge in [0.15, 0.2) is 0 Å². The molecule has 35 heavy (non-hydrogen) atoms. The number of nitrogens with one attached hydrogen (secondary N) is 2. The molecule has 2 N–H and O–H groups in total. The maximum Gasteiger partial charge on any atom is 0.252 e. The highest BCUT2D eigenvalue weighted by molar-refractivity contribution is 7.13. The second-order valence-electron chi connectivity index (χ2n) is 7.96. The third kappa shape index (κ3) is 4.83. The summed E-state index contributed by atoms with van der Waals surface area (Å²) in [6, 6.07) is 26.4. The van der Waals surface area contributed by atoms with Crippen molar-refractivity contribution < 1.29 is 4.79 Å². The van der Waals surface area contributed by atoms with E-state index in [-0.39, 0.29) is 17.4 Å². The van der Waals surface area contributed by atoms with Gasteiger partial charge in [-0.2, -0.15) is 9.78 Å². The van der Waals surface area contributed by atoms with E-state index < -0.39 is 5.92 Å². The summed E-state index contributed by atoms with van der Waals surface area (Å²) in [5.41, 5.74) is 2.79. The molecule has 0 spiro atoms. The number of H-pyrrole nitrogens is 1. The van der Waals surface area contributed by atoms with E-state index in [9.17, 15) is 9.59 Å². The third-order valence-electron chi connectivity index (χ3n) is 5.61. The average molecular weight is 482 g/mol. The lowest BCUT2D eigenvalue weighted by Crippen LogP contribution is -2.24. The van der Waals surface area contributed by atoms with Crippen LogP contribution in [0.15, 0.2) is 95.1 Å². The van der Waals surface area contributed by atoms with Gasteiger partial charge < -0.3 is 5.32 Å². The van der Waals surface area contributed by atoms with Gasteiger partial charge in [-0.25, -0.2) is 4.98 Å². The van der Waals surface area contributed by atoms with E-state index in [4.69, 9.17) is 0 Å². The number of amides is 1. The number of carbonyl (C=O) groups is 1. The van der Waals surface area contributed by atoms with Crippen molar-refractivity contribution in [3.05, 3.63) is 117 Å². The summed E-state index contributed by atoms with van der Waals surface area (Å²) in [4.78, 5) is 34.2. The Labute approximate surface area is 206 Å². The Bertz CT molecular complexity index is 1450. The Hall–Kier alpha value is -4.30. The van der Waals surface area contributed by atoms with Crippen molar-refractivity contribution in [2.24, 2.45) is 0 Å². The lowest BCUT2D eigenvalue weighted by Gasteiger charge is -2.18. The third-order valence-corrected chi connectivity index (χ3v) is 6.50. The number of thiophene rings is 1. The molecular formula is C27H23N5O2S. The quantitative estimate of drug-likeness (QED) is 0.342. The number of rotatable bonds is 7. The summed E-state index contributed by atoms with van der Waals surface area (Å²) in [7, 11) is 0. The highest BCUT2D eigenvalue weighted by Crippen LogP contribution is 2.30. The molecule has 5 aromatic rings. The van der Waals surface area contributed by atoms with Crippen molar-refractivity contribution >= 4 is 23.1 Å². The van der Waals surface area contributed by atoms with Crippen LogP contribution in [0.3, 0.4) is 0 Å². The molecule has 2 aromatic carbocycles. The molecule has 0 radical (unpaired) electrons. The SMILES string of the molecule is CCc1cc(=O)[nH]c(-n2nc(-c3cccs3)cc2NC(=O)C(c2ccccc2)c2ccccc2)n1. The molecular weight excluding hydrogens is 458 g/mol. The number of benzene rings is 2. The fourth-order valence-electron chi connectivity index (χ4n) is 3.94. The molecule has 5 rings (SSSR count). The number of aromatic amines is 1. The minimum atomic E-state index is -0.528. The van der Waals surface area contributed by atoms with E-state index in [0.29, 0.717) is 23.6 Å². The van der Waals surface area contributed by atoms with Gasteiger partial charge in [0, 0.05) is 17.8 Å². The maximum absolute atomic E-state index is 13.7. The summed E-state index contributed by atoms with van der Waals surface area (Å²) in [5, 5.41) is 9.69. The van der Waals surface area contributed by atoms with Crippen LogP contribution in [0.25, 0.3) is 16.5 Å². The Morgan fingerprint density at radius 1 is 1.00 bits per heavy atom. The number of hydrogen-bond donors (Lipinski definition) is 2. The van der Waals surface area contributed by atoms with E-state index in [0.717, 1.165) is 16.0 Å². The largest absolute Gasteiger partial charge is 0.310 e. The molecule has 0 aliphatic carbocycles. The van der Waals surface area contributed by atoms with Gasteiger partial charge in [0.05, 0.1) is 10.8 Å². The topological polar surface area (TPSA) is 92.7 Å². The molecule has 8 heteroatoms. The van der Waals surface area contributed by atoms with Crippen LogP contribution >= 0.6 is 11.3 Å². The molecule has 0 saturated carbocycles. The Kier molecular flexibility index (Phi) is 6.36. The average Bonchev–Trinajstić information content (AvgIpc) is 3.55. The fourth-order valence-corrected chi connectivity index (χ4v) is 4.62. The van der Waals surface area contributed by atoms with Gasteiger partial charge in [0.2, 0.25) is 11.9 Å². The van der Waals surface area contributed by atoms with Crippen molar-refractivity contribution in [2.45, 2.75) is 19.3 Å². The zero-order valence-corrected chi connectivity index (χ0v) is 19.8. The Morgan fingerprint density at radius 2 is 1.69 bits per heavy atom. The van der Waals surface area contributed by atoms with Crippen LogP contribution in [0.5, 0.6) is 0 Å². The van der Waals surface area contributed by atoms with Gasteiger partial charge in [-0.05, 0) is 29.0 Å². The number of aromatic nitrogens is 4. The van der Waals surface area contributed by atoms with Crippen LogP contribution in [0, 0.1) is 0 Å². The van der Waals surface area contributed by atoms with Gasteiger partial charge in [0.25, 0.3) is 5.56 Å². The summed E-state index contributed by atoms with van der Waals surface area (Å²) in [5.74, 6) is -0.0645. The molecule has 0 saturated heterocycles. The lowest BCUT2D eigenvalue weighted by atomic mass is 9.90. The van der Waals surface area contributed by atoms with Gasteiger partial charge >= 0.3 is 0 Å². The first kappa shape index (κ1) is 22.5. The highest BCUT2D eigenvalue weighted by atomic mass is 32.1. The van der Waals surface area contributed by atoms with E-state index in [2.05, 4.69) is 20.4 Å². The minimum absolute atomic E-state index is 0.213. The first-order valence-electron chi connectivity index (χ1n) is 11.3. The van der Waals surface area contributed by atoms with Crippen LogP contribution in [0.1, 0.15) is 29.7 Å². The molecule has 0 fully saturated rings. The predicted molar refractivity (Wildman–Crippen MR) is 138 cm³/mol. The fraction of sp³-hybridized carbons (Fsp3) is 0.111. The van der Waals surface area contributed by atoms with E-state index in [1.165, 1.54) is 10.7 Å². The van der Waals surface area contributed by atoms with Crippen LogP contribution < -0.4 is 10.9 Å². The van der Waals surface area contributed by atoms with Crippen LogP contribution in [0.2, 0.25) is 0 Å². The van der Waals surface area contributed by atoms with Gasteiger partial charge in [-0.1, -0.05) is 73.7 Å². The smallest absolute Gasteiger partial charge is 0.252 e. The standard InChI is InChI=1S/C27H23N5O2S/c1-2-20-16-24(33)30-27(28-20)32-23(17-21(31-32)22-14-9-15-35-22)29-26(34)25(18-10-5-3-6-11-18)19-12-7-4-8-13-19/h3-17,25H,2H2,1H3,(H,29,34)(H,28,30,33). The van der Waals surface area contributed by atoms with Crippen molar-refractivity contribution in [2.75, 3.05) is 5.32 Å². The van der Waals surface area contributed by atoms with E-state index in [1.807, 2.05) is 85.1 Å². The van der Waals surface area contributed by atoms with Crippen molar-refractivity contribution in [1.29, 1.82) is 0 Å². The zero-order chi connectivity index (χ0) is 24.2. The molecule has 0 unspecified atom stereocenters. The Balaban J connectivity index is 1.59. The number of aryl methyl sites for hydroxylation is 1. The summed E-state index contributed by atoms with van der Waals surface area (Å²) in [6.45, 7) is 1.93. The number of carbonyl (C=O) groups excluding carboxylic acids is 1. The molecule has 0 aliphatic heterocycles. The predicted octanol–water partition coefficient (Wildman–Crippen LogP) is 5.02. The summed E-state index contributed by atoms with van der Waals surface area (Å²) >= 11 is 1.54. The van der Waals surface area contributed by atoms with Gasteiger partial charge in [0.1, 0.15) is 11.5 Å². The van der Waals surface area contributed by atoms with Gasteiger partial charge in [-0.3, -0.25) is 14.6 Å². The zero-order valence-electron chi connectivity index (χ0n) is 19.0. The van der Waals surface area contributed by atoms with Crippen molar-refractivity contribution in [3.63, 3.8) is 0 Å². The second kappa shape index (κ2) is 9.90. The second-order valence-corrected chi connectivity index (χ2v) is 8.91. The number of nitrogens with zero attached hydrogens (tertiary/aromatic N) is 3. The minimum Gasteiger partial charge on any atom is -0.310 e. The number of hydrogen-bond acceptors (Lipinski definition) is 5. The molecule has 0 atom stereocenters. The van der Waals surface area contributed by atoms with E-state index >= 15 is 0 Å². The van der Waals surface area contributed by atoms with Gasteiger partial charge in [-0.15, -0.1) is 11.3 Å². The first-order chi connectivity index (χ1) is 17.1. The van der Waals surface area contributed by atoms with Crippen molar-refractivity contribution in [3.8, 4) is 16.5 Å². The lowest BCUT2D eigenvalue weighted by molar-refractivity contribution is -0.116.